The van der Waals surface area contributed by atoms with E-state index >= 15 is 0 Å². The Balaban J connectivity index is 2.35. The number of hydrogen-bond acceptors (Lipinski definition) is 7. The number of rotatable bonds is 4. The van der Waals surface area contributed by atoms with Crippen LogP contribution in [0.1, 0.15) is 19.8 Å². The van der Waals surface area contributed by atoms with Gasteiger partial charge in [-0.05, 0) is 6.92 Å². The fourth-order valence-electron chi connectivity index (χ4n) is 1.15. The molecule has 1 aliphatic rings. The minimum atomic E-state index is -1.24. The van der Waals surface area contributed by atoms with E-state index < -0.39 is 30.2 Å². The highest BCUT2D eigenvalue weighted by atomic mass is 16.8. The molecule has 3 amide bonds. The highest BCUT2D eigenvalue weighted by molar-refractivity contribution is 6.01. The SMILES string of the molecule is C[C@H](COC(N)=O)OC(=O)ON1C(=O)CCC1=O. The summed E-state index contributed by atoms with van der Waals surface area (Å²) < 4.78 is 8.99. The zero-order valence-corrected chi connectivity index (χ0v) is 9.58. The monoisotopic (exact) mass is 260 g/mol. The van der Waals surface area contributed by atoms with Crippen molar-refractivity contribution in [1.29, 1.82) is 0 Å². The molecule has 0 aromatic rings. The Bertz CT molecular complexity index is 365. The molecule has 9 heteroatoms. The fourth-order valence-corrected chi connectivity index (χ4v) is 1.15. The van der Waals surface area contributed by atoms with Gasteiger partial charge in [0.25, 0.3) is 11.8 Å². The van der Waals surface area contributed by atoms with Crippen molar-refractivity contribution >= 4 is 24.1 Å². The molecule has 9 nitrogen and oxygen atoms in total. The van der Waals surface area contributed by atoms with Crippen molar-refractivity contribution in [1.82, 2.24) is 5.06 Å². The van der Waals surface area contributed by atoms with Gasteiger partial charge in [-0.15, -0.1) is 0 Å². The Morgan fingerprint density at radius 1 is 1.33 bits per heavy atom. The van der Waals surface area contributed by atoms with Crippen LogP contribution in [0, 0.1) is 0 Å². The van der Waals surface area contributed by atoms with E-state index in [0.29, 0.717) is 5.06 Å². The van der Waals surface area contributed by atoms with Crippen LogP contribution in [0.2, 0.25) is 0 Å². The molecule has 1 heterocycles. The maximum absolute atomic E-state index is 11.2. The number of carbonyl (C=O) groups excluding carboxylic acids is 4. The molecule has 0 radical (unpaired) electrons. The number of amides is 3. The quantitative estimate of drug-likeness (QED) is 0.542. The number of imide groups is 1. The first-order chi connectivity index (χ1) is 8.40. The summed E-state index contributed by atoms with van der Waals surface area (Å²) in [6.45, 7) is 1.16. The van der Waals surface area contributed by atoms with Crippen molar-refractivity contribution in [3.05, 3.63) is 0 Å². The second kappa shape index (κ2) is 5.84. The second-order valence-corrected chi connectivity index (χ2v) is 3.48. The highest BCUT2D eigenvalue weighted by Crippen LogP contribution is 2.12. The zero-order valence-electron chi connectivity index (χ0n) is 9.58. The third-order valence-electron chi connectivity index (χ3n) is 1.93. The molecule has 0 bridgehead atoms. The molecular weight excluding hydrogens is 248 g/mol. The van der Waals surface area contributed by atoms with E-state index in [0.717, 1.165) is 0 Å². The number of nitrogens with two attached hydrogens (primary N) is 1. The first kappa shape index (κ1) is 13.7. The van der Waals surface area contributed by atoms with Gasteiger partial charge >= 0.3 is 12.2 Å². The predicted octanol–water partition coefficient (Wildman–Crippen LogP) is -0.313. The lowest BCUT2D eigenvalue weighted by Gasteiger charge is -2.15. The number of nitrogens with zero attached hydrogens (tertiary/aromatic N) is 1. The lowest BCUT2D eigenvalue weighted by Crippen LogP contribution is -2.34. The average Bonchev–Trinajstić information content (AvgIpc) is 2.58. The Kier molecular flexibility index (Phi) is 4.46. The highest BCUT2D eigenvalue weighted by Gasteiger charge is 2.33. The van der Waals surface area contributed by atoms with Crippen molar-refractivity contribution in [2.24, 2.45) is 5.73 Å². The molecule has 1 saturated heterocycles. The van der Waals surface area contributed by atoms with Crippen LogP contribution in [0.4, 0.5) is 9.59 Å². The lowest BCUT2D eigenvalue weighted by atomic mass is 10.4. The van der Waals surface area contributed by atoms with Crippen LogP contribution in [0.5, 0.6) is 0 Å². The van der Waals surface area contributed by atoms with Crippen LogP contribution in [0.25, 0.3) is 0 Å². The van der Waals surface area contributed by atoms with Gasteiger partial charge in [-0.2, -0.15) is 0 Å². The molecule has 0 spiro atoms. The van der Waals surface area contributed by atoms with E-state index in [1.165, 1.54) is 6.92 Å². The molecule has 100 valence electrons. The lowest BCUT2D eigenvalue weighted by molar-refractivity contribution is -0.178. The summed E-state index contributed by atoms with van der Waals surface area (Å²) in [5.41, 5.74) is 4.71. The third kappa shape index (κ3) is 3.92. The number of hydroxylamine groups is 2. The average molecular weight is 260 g/mol. The first-order valence-electron chi connectivity index (χ1n) is 5.06. The van der Waals surface area contributed by atoms with Crippen molar-refractivity contribution in [2.75, 3.05) is 6.61 Å². The Labute approximate surface area is 102 Å². The van der Waals surface area contributed by atoms with E-state index in [2.05, 4.69) is 14.3 Å². The topological polar surface area (TPSA) is 125 Å². The van der Waals surface area contributed by atoms with Crippen molar-refractivity contribution < 1.29 is 33.5 Å². The van der Waals surface area contributed by atoms with Gasteiger partial charge < -0.3 is 15.2 Å². The molecule has 18 heavy (non-hydrogen) atoms. The van der Waals surface area contributed by atoms with Gasteiger partial charge in [0.15, 0.2) is 0 Å². The molecule has 2 N–H and O–H groups in total. The van der Waals surface area contributed by atoms with E-state index in [1.54, 1.807) is 0 Å². The van der Waals surface area contributed by atoms with Crippen molar-refractivity contribution in [2.45, 2.75) is 25.9 Å². The summed E-state index contributed by atoms with van der Waals surface area (Å²) in [4.78, 5) is 48.1. The van der Waals surface area contributed by atoms with Crippen LogP contribution < -0.4 is 5.73 Å². The fraction of sp³-hybridized carbons (Fsp3) is 0.556. The molecule has 0 aliphatic carbocycles. The Hall–Kier alpha value is -2.32. The van der Waals surface area contributed by atoms with Gasteiger partial charge in [0.2, 0.25) is 0 Å². The normalized spacial score (nSPS) is 16.4. The maximum atomic E-state index is 11.2. The van der Waals surface area contributed by atoms with E-state index in [1.807, 2.05) is 0 Å². The molecule has 1 aliphatic heterocycles. The van der Waals surface area contributed by atoms with Crippen LogP contribution in [-0.2, 0) is 23.9 Å². The van der Waals surface area contributed by atoms with Crippen LogP contribution >= 0.6 is 0 Å². The van der Waals surface area contributed by atoms with E-state index in [4.69, 9.17) is 5.73 Å². The molecule has 0 unspecified atom stereocenters. The molecule has 1 atom stereocenters. The Morgan fingerprint density at radius 2 is 1.89 bits per heavy atom. The molecule has 1 rings (SSSR count). The van der Waals surface area contributed by atoms with Crippen molar-refractivity contribution in [3.8, 4) is 0 Å². The van der Waals surface area contributed by atoms with Crippen LogP contribution in [0.15, 0.2) is 0 Å². The van der Waals surface area contributed by atoms with Gasteiger partial charge in [-0.3, -0.25) is 14.4 Å². The van der Waals surface area contributed by atoms with Gasteiger partial charge in [-0.25, -0.2) is 9.59 Å². The molecule has 0 aromatic heterocycles. The number of hydrogen-bond donors (Lipinski definition) is 1. The molecule has 0 aromatic carbocycles. The zero-order chi connectivity index (χ0) is 13.7. The van der Waals surface area contributed by atoms with Crippen LogP contribution in [-0.4, -0.2) is 41.8 Å². The smallest absolute Gasteiger partial charge is 0.446 e. The third-order valence-corrected chi connectivity index (χ3v) is 1.93. The number of primary amides is 1. The van der Waals surface area contributed by atoms with Gasteiger partial charge in [-0.1, -0.05) is 5.06 Å². The summed E-state index contributed by atoms with van der Waals surface area (Å²) in [5.74, 6) is -1.23. The van der Waals surface area contributed by atoms with E-state index in [-0.39, 0.29) is 19.4 Å². The van der Waals surface area contributed by atoms with Gasteiger partial charge in [0.1, 0.15) is 12.7 Å². The van der Waals surface area contributed by atoms with Gasteiger partial charge in [0, 0.05) is 12.8 Å². The van der Waals surface area contributed by atoms with E-state index in [9.17, 15) is 19.2 Å². The number of carbonyl (C=O) groups is 4. The second-order valence-electron chi connectivity index (χ2n) is 3.48. The van der Waals surface area contributed by atoms with Gasteiger partial charge in [0.05, 0.1) is 0 Å². The summed E-state index contributed by atoms with van der Waals surface area (Å²) in [6.07, 6.45) is -3.08. The molecule has 0 saturated carbocycles. The largest absolute Gasteiger partial charge is 0.534 e. The molecular formula is C9H12N2O7. The van der Waals surface area contributed by atoms with Crippen molar-refractivity contribution in [3.63, 3.8) is 0 Å². The number of ether oxygens (including phenoxy) is 2. The minimum Gasteiger partial charge on any atom is -0.446 e. The molecule has 1 fully saturated rings. The first-order valence-corrected chi connectivity index (χ1v) is 5.06. The summed E-state index contributed by atoms with van der Waals surface area (Å²) in [6, 6.07) is 0. The summed E-state index contributed by atoms with van der Waals surface area (Å²) in [7, 11) is 0. The predicted molar refractivity (Wildman–Crippen MR) is 53.7 cm³/mol. The standard InChI is InChI=1S/C9H12N2O7/c1-5(4-16-8(10)14)17-9(15)18-11-6(12)2-3-7(11)13/h5H,2-4H2,1H3,(H2,10,14)/t5-/m1/s1. The van der Waals surface area contributed by atoms with Crippen LogP contribution in [0.3, 0.4) is 0 Å². The minimum absolute atomic E-state index is 0.00749. The summed E-state index contributed by atoms with van der Waals surface area (Å²) >= 11 is 0. The maximum Gasteiger partial charge on any atom is 0.534 e. The Morgan fingerprint density at radius 3 is 2.39 bits per heavy atom. The summed E-state index contributed by atoms with van der Waals surface area (Å²) in [5, 5.41) is 0.351.